The van der Waals surface area contributed by atoms with Gasteiger partial charge in [-0.3, -0.25) is 0 Å². The summed E-state index contributed by atoms with van der Waals surface area (Å²) in [6.45, 7) is 7.90. The molecular formula is C18H24F3N3O2. The third-order valence-corrected chi connectivity index (χ3v) is 4.71. The van der Waals surface area contributed by atoms with Gasteiger partial charge in [-0.1, -0.05) is 6.07 Å². The minimum Gasteiger partial charge on any atom is -0.444 e. The minimum atomic E-state index is -4.45. The molecule has 0 atom stereocenters. The topological polar surface area (TPSA) is 45.7 Å². The molecule has 0 N–H and O–H groups in total. The molecule has 3 rings (SSSR count). The van der Waals surface area contributed by atoms with Crippen LogP contribution in [-0.2, 0) is 10.9 Å². The zero-order chi connectivity index (χ0) is 19.2. The summed E-state index contributed by atoms with van der Waals surface area (Å²) in [5.74, 6) is 0.333. The van der Waals surface area contributed by atoms with Crippen LogP contribution < -0.4 is 4.90 Å². The van der Waals surface area contributed by atoms with Gasteiger partial charge in [0.1, 0.15) is 17.1 Å². The fourth-order valence-corrected chi connectivity index (χ4v) is 3.63. The normalized spacial score (nSPS) is 20.1. The number of hydrogen-bond donors (Lipinski definition) is 0. The first-order valence-corrected chi connectivity index (χ1v) is 8.75. The van der Waals surface area contributed by atoms with Crippen LogP contribution in [0.15, 0.2) is 18.2 Å². The number of piperidine rings is 1. The molecule has 0 unspecified atom stereocenters. The standard InChI is InChI=1S/C18H24F3N3O2/c1-16(2,3)26-15(25)23-9-5-8-17(10-23)11-24(12-17)14-7-4-6-13(22-14)18(19,20)21/h4,6-7H,5,8-12H2,1-3H3. The SMILES string of the molecule is CC(C)(C)OC(=O)N1CCCC2(C1)CN(c1cccc(C(F)(F)F)n1)C2. The predicted molar refractivity (Wildman–Crippen MR) is 90.9 cm³/mol. The summed E-state index contributed by atoms with van der Waals surface area (Å²) in [5, 5.41) is 0. The second-order valence-electron chi connectivity index (χ2n) is 8.24. The Bertz CT molecular complexity index is 679. The first-order valence-electron chi connectivity index (χ1n) is 8.75. The van der Waals surface area contributed by atoms with Crippen LogP contribution in [0.1, 0.15) is 39.3 Å². The summed E-state index contributed by atoms with van der Waals surface area (Å²) in [5.41, 5.74) is -1.52. The van der Waals surface area contributed by atoms with Gasteiger partial charge < -0.3 is 14.5 Å². The van der Waals surface area contributed by atoms with Crippen molar-refractivity contribution in [2.45, 2.75) is 45.4 Å². The van der Waals surface area contributed by atoms with Crippen molar-refractivity contribution >= 4 is 11.9 Å². The number of likely N-dealkylation sites (tertiary alicyclic amines) is 1. The van der Waals surface area contributed by atoms with Crippen molar-refractivity contribution < 1.29 is 22.7 Å². The maximum absolute atomic E-state index is 12.8. The van der Waals surface area contributed by atoms with Crippen LogP contribution in [0.25, 0.3) is 0 Å². The Kier molecular flexibility index (Phi) is 4.56. The lowest BCUT2D eigenvalue weighted by molar-refractivity contribution is -0.141. The molecule has 1 aromatic rings. The minimum absolute atomic E-state index is 0.0922. The van der Waals surface area contributed by atoms with E-state index < -0.39 is 17.5 Å². The molecular weight excluding hydrogens is 347 g/mol. The number of nitrogens with zero attached hydrogens (tertiary/aromatic N) is 3. The fourth-order valence-electron chi connectivity index (χ4n) is 3.63. The number of halogens is 3. The van der Waals surface area contributed by atoms with Crippen molar-refractivity contribution in [1.82, 2.24) is 9.88 Å². The number of pyridine rings is 1. The lowest BCUT2D eigenvalue weighted by atomic mass is 9.73. The van der Waals surface area contributed by atoms with E-state index in [4.69, 9.17) is 4.74 Å². The summed E-state index contributed by atoms with van der Waals surface area (Å²) in [6.07, 6.45) is -2.96. The first-order chi connectivity index (χ1) is 12.0. The number of alkyl halides is 3. The van der Waals surface area contributed by atoms with Gasteiger partial charge in [0.05, 0.1) is 0 Å². The highest BCUT2D eigenvalue weighted by Crippen LogP contribution is 2.41. The van der Waals surface area contributed by atoms with Crippen molar-refractivity contribution in [2.75, 3.05) is 31.1 Å². The molecule has 5 nitrogen and oxygen atoms in total. The largest absolute Gasteiger partial charge is 0.444 e. The van der Waals surface area contributed by atoms with Crippen LogP contribution in [0.3, 0.4) is 0 Å². The molecule has 2 aliphatic rings. The van der Waals surface area contributed by atoms with Gasteiger partial charge >= 0.3 is 12.3 Å². The number of aromatic nitrogens is 1. The number of ether oxygens (including phenoxy) is 1. The lowest BCUT2D eigenvalue weighted by Gasteiger charge is -2.55. The van der Waals surface area contributed by atoms with E-state index in [9.17, 15) is 18.0 Å². The van der Waals surface area contributed by atoms with E-state index in [0.717, 1.165) is 18.9 Å². The molecule has 0 bridgehead atoms. The third kappa shape index (κ3) is 4.04. The van der Waals surface area contributed by atoms with E-state index in [1.54, 1.807) is 11.0 Å². The summed E-state index contributed by atoms with van der Waals surface area (Å²) in [7, 11) is 0. The third-order valence-electron chi connectivity index (χ3n) is 4.71. The summed E-state index contributed by atoms with van der Waals surface area (Å²) in [4.78, 5) is 19.6. The monoisotopic (exact) mass is 371 g/mol. The number of carbonyl (C=O) groups is 1. The van der Waals surface area contributed by atoms with Gasteiger partial charge in [0, 0.05) is 31.6 Å². The Morgan fingerprint density at radius 2 is 1.88 bits per heavy atom. The molecule has 144 valence electrons. The second-order valence-corrected chi connectivity index (χ2v) is 8.24. The molecule has 0 radical (unpaired) electrons. The van der Waals surface area contributed by atoms with E-state index in [2.05, 4.69) is 4.98 Å². The molecule has 2 fully saturated rings. The van der Waals surface area contributed by atoms with Crippen LogP contribution in [0, 0.1) is 5.41 Å². The van der Waals surface area contributed by atoms with E-state index in [1.165, 1.54) is 6.07 Å². The first kappa shape index (κ1) is 18.8. The summed E-state index contributed by atoms with van der Waals surface area (Å²) in [6, 6.07) is 3.95. The number of carbonyl (C=O) groups excluding carboxylic acids is 1. The van der Waals surface area contributed by atoms with Crippen molar-refractivity contribution in [1.29, 1.82) is 0 Å². The Morgan fingerprint density at radius 1 is 1.19 bits per heavy atom. The Balaban J connectivity index is 1.64. The Hall–Kier alpha value is -1.99. The van der Waals surface area contributed by atoms with Gasteiger partial charge in [-0.15, -0.1) is 0 Å². The molecule has 1 spiro atoms. The molecule has 2 saturated heterocycles. The molecule has 26 heavy (non-hydrogen) atoms. The van der Waals surface area contributed by atoms with Gasteiger partial charge in [-0.05, 0) is 45.7 Å². The van der Waals surface area contributed by atoms with Crippen LogP contribution in [0.2, 0.25) is 0 Å². The molecule has 2 aliphatic heterocycles. The molecule has 1 amide bonds. The maximum Gasteiger partial charge on any atom is 0.433 e. The van der Waals surface area contributed by atoms with Gasteiger partial charge in [0.2, 0.25) is 0 Å². The quantitative estimate of drug-likeness (QED) is 0.750. The number of hydrogen-bond acceptors (Lipinski definition) is 4. The smallest absolute Gasteiger partial charge is 0.433 e. The van der Waals surface area contributed by atoms with Gasteiger partial charge in [-0.25, -0.2) is 9.78 Å². The molecule has 3 heterocycles. The van der Waals surface area contributed by atoms with Gasteiger partial charge in [0.25, 0.3) is 0 Å². The molecule has 0 aliphatic carbocycles. The van der Waals surface area contributed by atoms with E-state index >= 15 is 0 Å². The average Bonchev–Trinajstić information content (AvgIpc) is 2.50. The number of amides is 1. The van der Waals surface area contributed by atoms with E-state index in [0.29, 0.717) is 32.0 Å². The maximum atomic E-state index is 12.8. The fraction of sp³-hybridized carbons (Fsp3) is 0.667. The Labute approximate surface area is 151 Å². The van der Waals surface area contributed by atoms with Crippen LogP contribution in [0.4, 0.5) is 23.8 Å². The average molecular weight is 371 g/mol. The Morgan fingerprint density at radius 3 is 2.50 bits per heavy atom. The van der Waals surface area contributed by atoms with Crippen molar-refractivity contribution in [3.05, 3.63) is 23.9 Å². The second kappa shape index (κ2) is 6.32. The van der Waals surface area contributed by atoms with E-state index in [-0.39, 0.29) is 11.5 Å². The zero-order valence-corrected chi connectivity index (χ0v) is 15.3. The van der Waals surface area contributed by atoms with Crippen molar-refractivity contribution in [3.63, 3.8) is 0 Å². The zero-order valence-electron chi connectivity index (χ0n) is 15.3. The summed E-state index contributed by atoms with van der Waals surface area (Å²) >= 11 is 0. The highest BCUT2D eigenvalue weighted by atomic mass is 19.4. The van der Waals surface area contributed by atoms with Gasteiger partial charge in [0.15, 0.2) is 0 Å². The molecule has 1 aromatic heterocycles. The molecule has 8 heteroatoms. The summed E-state index contributed by atoms with van der Waals surface area (Å²) < 4.78 is 44.0. The highest BCUT2D eigenvalue weighted by Gasteiger charge is 2.48. The number of rotatable bonds is 1. The van der Waals surface area contributed by atoms with E-state index in [1.807, 2.05) is 25.7 Å². The van der Waals surface area contributed by atoms with Gasteiger partial charge in [-0.2, -0.15) is 13.2 Å². The van der Waals surface area contributed by atoms with Crippen LogP contribution in [-0.4, -0.2) is 47.8 Å². The predicted octanol–water partition coefficient (Wildman–Crippen LogP) is 3.94. The van der Waals surface area contributed by atoms with Crippen molar-refractivity contribution in [2.24, 2.45) is 5.41 Å². The molecule has 0 aromatic carbocycles. The van der Waals surface area contributed by atoms with Crippen LogP contribution in [0.5, 0.6) is 0 Å². The molecule has 0 saturated carbocycles. The van der Waals surface area contributed by atoms with Crippen molar-refractivity contribution in [3.8, 4) is 0 Å². The highest BCUT2D eigenvalue weighted by molar-refractivity contribution is 5.68. The van der Waals surface area contributed by atoms with Crippen LogP contribution >= 0.6 is 0 Å². The number of anilines is 1. The lowest BCUT2D eigenvalue weighted by Crippen LogP contribution is -2.64.